The van der Waals surface area contributed by atoms with Gasteiger partial charge in [0, 0.05) is 25.5 Å². The van der Waals surface area contributed by atoms with Crippen molar-refractivity contribution in [2.45, 2.75) is 13.3 Å². The summed E-state index contributed by atoms with van der Waals surface area (Å²) in [6, 6.07) is 9.63. The fourth-order valence-electron chi connectivity index (χ4n) is 1.65. The number of nitrogens with two attached hydrogens (primary N) is 1. The molecule has 5 heteroatoms. The van der Waals surface area contributed by atoms with Gasteiger partial charge in [-0.25, -0.2) is 9.97 Å². The second-order valence-electron chi connectivity index (χ2n) is 4.12. The van der Waals surface area contributed by atoms with Crippen LogP contribution in [0.25, 0.3) is 11.4 Å². The molecule has 3 N–H and O–H groups in total. The van der Waals surface area contributed by atoms with Crippen LogP contribution in [0.2, 0.25) is 0 Å². The van der Waals surface area contributed by atoms with Crippen LogP contribution in [0.3, 0.4) is 0 Å². The number of rotatable bonds is 4. The molecule has 0 spiro atoms. The molecular formula is C14H15N4O. The molecule has 97 valence electrons. The zero-order valence-electron chi connectivity index (χ0n) is 10.7. The minimum absolute atomic E-state index is 0.0695. The van der Waals surface area contributed by atoms with Gasteiger partial charge < -0.3 is 11.1 Å². The first kappa shape index (κ1) is 13.0. The zero-order chi connectivity index (χ0) is 13.7. The first-order chi connectivity index (χ1) is 9.16. The molecule has 2 rings (SSSR count). The summed E-state index contributed by atoms with van der Waals surface area (Å²) < 4.78 is 0. The van der Waals surface area contributed by atoms with E-state index in [1.54, 1.807) is 0 Å². The molecule has 19 heavy (non-hydrogen) atoms. The summed E-state index contributed by atoms with van der Waals surface area (Å²) in [5.74, 6) is 0.521. The van der Waals surface area contributed by atoms with Gasteiger partial charge in [0.1, 0.15) is 6.20 Å². The number of anilines is 1. The highest BCUT2D eigenvalue weighted by Gasteiger charge is 2.07. The standard InChI is InChI=1S/C14H15N4O/c1-10(19)16-8-7-13-12(15)9-17-14(18-13)11-5-3-2-4-6-11/h2-6H,7-8,15H2,1H3,(H,16,19). The monoisotopic (exact) mass is 255 g/mol. The van der Waals surface area contributed by atoms with Gasteiger partial charge in [0.15, 0.2) is 5.82 Å². The quantitative estimate of drug-likeness (QED) is 0.860. The van der Waals surface area contributed by atoms with Gasteiger partial charge in [0.05, 0.1) is 11.4 Å². The van der Waals surface area contributed by atoms with Crippen LogP contribution in [0.1, 0.15) is 12.6 Å². The summed E-state index contributed by atoms with van der Waals surface area (Å²) in [5.41, 5.74) is 7.83. The average molecular weight is 255 g/mol. The Kier molecular flexibility index (Phi) is 4.07. The van der Waals surface area contributed by atoms with Crippen LogP contribution in [0.5, 0.6) is 0 Å². The van der Waals surface area contributed by atoms with Crippen LogP contribution in [-0.4, -0.2) is 22.4 Å². The molecule has 5 nitrogen and oxygen atoms in total. The Morgan fingerprint density at radius 3 is 2.79 bits per heavy atom. The molecule has 1 aromatic heterocycles. The van der Waals surface area contributed by atoms with E-state index in [9.17, 15) is 4.79 Å². The Balaban J connectivity index is 2.18. The summed E-state index contributed by atoms with van der Waals surface area (Å²) >= 11 is 0. The maximum Gasteiger partial charge on any atom is 0.216 e. The highest BCUT2D eigenvalue weighted by atomic mass is 16.1. The van der Waals surface area contributed by atoms with Crippen molar-refractivity contribution in [2.24, 2.45) is 0 Å². The molecule has 0 saturated heterocycles. The summed E-state index contributed by atoms with van der Waals surface area (Å²) in [6.07, 6.45) is 3.32. The average Bonchev–Trinajstić information content (AvgIpc) is 2.41. The van der Waals surface area contributed by atoms with E-state index < -0.39 is 0 Å². The molecule has 0 saturated carbocycles. The Hall–Kier alpha value is -2.43. The van der Waals surface area contributed by atoms with E-state index in [0.29, 0.717) is 30.2 Å². The summed E-state index contributed by atoms with van der Waals surface area (Å²) in [7, 11) is 0. The number of carbonyl (C=O) groups excluding carboxylic acids is 1. The van der Waals surface area contributed by atoms with Crippen molar-refractivity contribution in [3.05, 3.63) is 42.2 Å². The molecule has 0 aliphatic carbocycles. The molecule has 1 aromatic carbocycles. The van der Waals surface area contributed by atoms with Gasteiger partial charge in [0.2, 0.25) is 5.91 Å². The van der Waals surface area contributed by atoms with Gasteiger partial charge in [-0.2, -0.15) is 0 Å². The molecule has 0 aliphatic rings. The normalized spacial score (nSPS) is 10.2. The lowest BCUT2D eigenvalue weighted by Crippen LogP contribution is -2.23. The summed E-state index contributed by atoms with van der Waals surface area (Å²) in [5, 5.41) is 2.71. The Morgan fingerprint density at radius 1 is 1.37 bits per heavy atom. The lowest BCUT2D eigenvalue weighted by molar-refractivity contribution is -0.118. The lowest BCUT2D eigenvalue weighted by Gasteiger charge is -2.07. The van der Waals surface area contributed by atoms with E-state index in [1.165, 1.54) is 6.92 Å². The predicted octanol–water partition coefficient (Wildman–Crippen LogP) is 1.20. The van der Waals surface area contributed by atoms with Crippen LogP contribution in [0.4, 0.5) is 5.69 Å². The predicted molar refractivity (Wildman–Crippen MR) is 73.1 cm³/mol. The minimum Gasteiger partial charge on any atom is -0.395 e. The van der Waals surface area contributed by atoms with Crippen molar-refractivity contribution in [3.63, 3.8) is 0 Å². The van der Waals surface area contributed by atoms with Gasteiger partial charge in [-0.15, -0.1) is 0 Å². The fourth-order valence-corrected chi connectivity index (χ4v) is 1.65. The third-order valence-electron chi connectivity index (χ3n) is 2.60. The van der Waals surface area contributed by atoms with Crippen molar-refractivity contribution >= 4 is 11.6 Å². The number of hydrogen-bond acceptors (Lipinski definition) is 4. The van der Waals surface area contributed by atoms with E-state index in [1.807, 2.05) is 30.3 Å². The first-order valence-electron chi connectivity index (χ1n) is 6.01. The summed E-state index contributed by atoms with van der Waals surface area (Å²) in [4.78, 5) is 19.3. The first-order valence-corrected chi connectivity index (χ1v) is 6.01. The van der Waals surface area contributed by atoms with Gasteiger partial charge in [-0.3, -0.25) is 4.79 Å². The van der Waals surface area contributed by atoms with Crippen molar-refractivity contribution in [3.8, 4) is 11.4 Å². The number of nitrogens with zero attached hydrogens (tertiary/aromatic N) is 2. The number of aromatic nitrogens is 2. The van der Waals surface area contributed by atoms with E-state index in [-0.39, 0.29) is 5.91 Å². The molecule has 0 aliphatic heterocycles. The number of nitrogen functional groups attached to an aromatic ring is 1. The Morgan fingerprint density at radius 2 is 2.11 bits per heavy atom. The van der Waals surface area contributed by atoms with E-state index in [2.05, 4.69) is 21.5 Å². The second-order valence-corrected chi connectivity index (χ2v) is 4.12. The van der Waals surface area contributed by atoms with Gasteiger partial charge in [0.25, 0.3) is 0 Å². The van der Waals surface area contributed by atoms with Gasteiger partial charge in [-0.05, 0) is 0 Å². The lowest BCUT2D eigenvalue weighted by atomic mass is 10.2. The molecule has 0 fully saturated rings. The number of hydrogen-bond donors (Lipinski definition) is 2. The molecular weight excluding hydrogens is 240 g/mol. The number of carbonyl (C=O) groups is 1. The minimum atomic E-state index is -0.0695. The van der Waals surface area contributed by atoms with E-state index >= 15 is 0 Å². The van der Waals surface area contributed by atoms with Crippen LogP contribution in [-0.2, 0) is 11.2 Å². The van der Waals surface area contributed by atoms with Crippen LogP contribution >= 0.6 is 0 Å². The number of amides is 1. The van der Waals surface area contributed by atoms with Crippen molar-refractivity contribution in [2.75, 3.05) is 12.3 Å². The maximum absolute atomic E-state index is 10.8. The third-order valence-corrected chi connectivity index (χ3v) is 2.60. The molecule has 0 bridgehead atoms. The molecule has 2 aromatic rings. The van der Waals surface area contributed by atoms with Crippen LogP contribution < -0.4 is 11.1 Å². The molecule has 0 atom stereocenters. The SMILES string of the molecule is CC(=O)NCCc1nc(-c2ccccc2)n[c]c1N. The van der Waals surface area contributed by atoms with Gasteiger partial charge in [-0.1, -0.05) is 30.3 Å². The highest BCUT2D eigenvalue weighted by Crippen LogP contribution is 2.16. The van der Waals surface area contributed by atoms with Crippen molar-refractivity contribution in [1.82, 2.24) is 15.3 Å². The number of benzene rings is 1. The molecule has 1 radical (unpaired) electrons. The molecule has 0 unspecified atom stereocenters. The van der Waals surface area contributed by atoms with Crippen LogP contribution in [0, 0.1) is 6.20 Å². The molecule has 1 amide bonds. The van der Waals surface area contributed by atoms with Crippen LogP contribution in [0.15, 0.2) is 30.3 Å². The number of nitrogens with one attached hydrogen (secondary N) is 1. The molecule has 1 heterocycles. The zero-order valence-corrected chi connectivity index (χ0v) is 10.7. The van der Waals surface area contributed by atoms with E-state index in [4.69, 9.17) is 5.73 Å². The highest BCUT2D eigenvalue weighted by molar-refractivity contribution is 5.72. The van der Waals surface area contributed by atoms with Gasteiger partial charge >= 0.3 is 0 Å². The summed E-state index contributed by atoms with van der Waals surface area (Å²) in [6.45, 7) is 1.98. The van der Waals surface area contributed by atoms with Crippen molar-refractivity contribution in [1.29, 1.82) is 0 Å². The third kappa shape index (κ3) is 3.51. The Bertz CT molecular complexity index is 569. The topological polar surface area (TPSA) is 80.9 Å². The maximum atomic E-state index is 10.8. The van der Waals surface area contributed by atoms with E-state index in [0.717, 1.165) is 5.56 Å². The Labute approximate surface area is 111 Å². The largest absolute Gasteiger partial charge is 0.395 e. The smallest absolute Gasteiger partial charge is 0.216 e. The second kappa shape index (κ2) is 5.95. The fraction of sp³-hybridized carbons (Fsp3) is 0.214. The van der Waals surface area contributed by atoms with Crippen molar-refractivity contribution < 1.29 is 4.79 Å².